The lowest BCUT2D eigenvalue weighted by Crippen LogP contribution is -2.50. The van der Waals surface area contributed by atoms with Crippen molar-refractivity contribution in [3.05, 3.63) is 28.5 Å². The van der Waals surface area contributed by atoms with Gasteiger partial charge in [0, 0.05) is 4.47 Å². The Labute approximate surface area is 119 Å². The number of benzene rings is 1. The molecule has 0 bridgehead atoms. The van der Waals surface area contributed by atoms with Crippen LogP contribution < -0.4 is 4.72 Å². The number of carbonyl (C=O) groups excluding carboxylic acids is 1. The molecule has 5 nitrogen and oxygen atoms in total. The molecule has 0 radical (unpaired) electrons. The minimum atomic E-state index is -3.98. The molecule has 0 unspecified atom stereocenters. The van der Waals surface area contributed by atoms with Gasteiger partial charge in [-0.25, -0.2) is 12.8 Å². The maximum atomic E-state index is 12.9. The predicted molar refractivity (Wildman–Crippen MR) is 70.5 cm³/mol. The summed E-state index contributed by atoms with van der Waals surface area (Å²) >= 11 is 2.97. The highest BCUT2D eigenvalue weighted by Crippen LogP contribution is 2.24. The van der Waals surface area contributed by atoms with Gasteiger partial charge in [0.1, 0.15) is 11.4 Å². The van der Waals surface area contributed by atoms with E-state index in [1.165, 1.54) is 13.8 Å². The van der Waals surface area contributed by atoms with Crippen molar-refractivity contribution in [1.29, 1.82) is 0 Å². The molecular weight excluding hydrogens is 341 g/mol. The molecule has 1 aromatic rings. The first kappa shape index (κ1) is 16.1. The number of hydrogen-bond acceptors (Lipinski definition) is 4. The molecule has 0 spiro atoms. The van der Waals surface area contributed by atoms with Crippen molar-refractivity contribution >= 4 is 31.9 Å². The van der Waals surface area contributed by atoms with Gasteiger partial charge in [0.15, 0.2) is 0 Å². The molecule has 1 N–H and O–H groups in total. The van der Waals surface area contributed by atoms with Gasteiger partial charge in [-0.15, -0.1) is 0 Å². The van der Waals surface area contributed by atoms with E-state index in [9.17, 15) is 17.6 Å². The quantitative estimate of drug-likeness (QED) is 0.838. The third kappa shape index (κ3) is 3.74. The Kier molecular flexibility index (Phi) is 4.70. The number of esters is 1. The predicted octanol–water partition coefficient (Wildman–Crippen LogP) is 1.82. The molecule has 8 heteroatoms. The van der Waals surface area contributed by atoms with Gasteiger partial charge in [-0.3, -0.25) is 4.79 Å². The number of hydrogen-bond donors (Lipinski definition) is 1. The highest BCUT2D eigenvalue weighted by atomic mass is 79.9. The summed E-state index contributed by atoms with van der Waals surface area (Å²) in [6.45, 7) is 2.74. The van der Waals surface area contributed by atoms with E-state index in [-0.39, 0.29) is 9.37 Å². The number of methoxy groups -OCH3 is 1. The van der Waals surface area contributed by atoms with E-state index in [2.05, 4.69) is 25.4 Å². The first-order valence-electron chi connectivity index (χ1n) is 5.17. The standard InChI is InChI=1S/C11H13BrFNO4S/c1-11(2,10(15)18-3)14-19(16,17)9-5-4-7(13)6-8(9)12/h4-6,14H,1-3H3. The summed E-state index contributed by atoms with van der Waals surface area (Å²) in [6, 6.07) is 3.15. The van der Waals surface area contributed by atoms with Crippen LogP contribution in [0.15, 0.2) is 27.6 Å². The Morgan fingerprint density at radius 2 is 2.00 bits per heavy atom. The Balaban J connectivity index is 3.15. The van der Waals surface area contributed by atoms with Crippen molar-refractivity contribution in [2.75, 3.05) is 7.11 Å². The molecule has 0 saturated carbocycles. The number of carbonyl (C=O) groups is 1. The summed E-state index contributed by atoms with van der Waals surface area (Å²) in [5, 5.41) is 0. The molecule has 0 aromatic heterocycles. The first-order valence-corrected chi connectivity index (χ1v) is 7.45. The Morgan fingerprint density at radius 1 is 1.42 bits per heavy atom. The Hall–Kier alpha value is -0.990. The summed E-state index contributed by atoms with van der Waals surface area (Å²) in [5.74, 6) is -1.30. The molecule has 106 valence electrons. The number of ether oxygens (including phenoxy) is 1. The Bertz CT molecular complexity index is 601. The van der Waals surface area contributed by atoms with Gasteiger partial charge < -0.3 is 4.74 Å². The maximum Gasteiger partial charge on any atom is 0.326 e. The van der Waals surface area contributed by atoms with Crippen LogP contribution in [0.25, 0.3) is 0 Å². The summed E-state index contributed by atoms with van der Waals surface area (Å²) in [6.07, 6.45) is 0. The van der Waals surface area contributed by atoms with Gasteiger partial charge >= 0.3 is 5.97 Å². The van der Waals surface area contributed by atoms with Crippen molar-refractivity contribution in [1.82, 2.24) is 4.72 Å². The summed E-state index contributed by atoms with van der Waals surface area (Å²) in [7, 11) is -2.83. The minimum absolute atomic E-state index is 0.0701. The van der Waals surface area contributed by atoms with Gasteiger partial charge in [0.05, 0.1) is 12.0 Å². The highest BCUT2D eigenvalue weighted by molar-refractivity contribution is 9.10. The second-order valence-corrected chi connectivity index (χ2v) is 6.80. The van der Waals surface area contributed by atoms with E-state index in [1.54, 1.807) is 0 Å². The fourth-order valence-electron chi connectivity index (χ4n) is 1.38. The van der Waals surface area contributed by atoms with Crippen LogP contribution in [-0.2, 0) is 19.6 Å². The molecule has 0 heterocycles. The van der Waals surface area contributed by atoms with E-state index in [1.807, 2.05) is 0 Å². The number of rotatable bonds is 4. The van der Waals surface area contributed by atoms with Crippen LogP contribution in [0.2, 0.25) is 0 Å². The second-order valence-electron chi connectivity index (χ2n) is 4.30. The van der Waals surface area contributed by atoms with Crippen LogP contribution in [0, 0.1) is 5.82 Å². The summed E-state index contributed by atoms with van der Waals surface area (Å²) in [4.78, 5) is 11.3. The third-order valence-corrected chi connectivity index (χ3v) is 4.90. The van der Waals surface area contributed by atoms with Crippen LogP contribution in [0.1, 0.15) is 13.8 Å². The SMILES string of the molecule is COC(=O)C(C)(C)NS(=O)(=O)c1ccc(F)cc1Br. The van der Waals surface area contributed by atoms with Crippen LogP contribution in [0.3, 0.4) is 0 Å². The molecule has 0 amide bonds. The smallest absolute Gasteiger partial charge is 0.326 e. The Morgan fingerprint density at radius 3 is 2.47 bits per heavy atom. The average molecular weight is 354 g/mol. The molecule has 0 aliphatic carbocycles. The normalized spacial score (nSPS) is 12.3. The van der Waals surface area contributed by atoms with E-state index in [0.29, 0.717) is 0 Å². The molecular formula is C11H13BrFNO4S. The van der Waals surface area contributed by atoms with Crippen molar-refractivity contribution < 1.29 is 22.3 Å². The van der Waals surface area contributed by atoms with Gasteiger partial charge in [-0.1, -0.05) is 0 Å². The van der Waals surface area contributed by atoms with Gasteiger partial charge in [0.2, 0.25) is 10.0 Å². The molecule has 0 aliphatic heterocycles. The van der Waals surface area contributed by atoms with Crippen molar-refractivity contribution in [2.24, 2.45) is 0 Å². The van der Waals surface area contributed by atoms with Crippen LogP contribution in [-0.4, -0.2) is 27.0 Å². The average Bonchev–Trinajstić information content (AvgIpc) is 2.25. The van der Waals surface area contributed by atoms with Crippen molar-refractivity contribution in [2.45, 2.75) is 24.3 Å². The summed E-state index contributed by atoms with van der Waals surface area (Å²) in [5.41, 5.74) is -1.43. The molecule has 1 rings (SSSR count). The minimum Gasteiger partial charge on any atom is -0.468 e. The second kappa shape index (κ2) is 5.56. The molecule has 0 aliphatic rings. The van der Waals surface area contributed by atoms with Gasteiger partial charge in [-0.2, -0.15) is 4.72 Å². The van der Waals surface area contributed by atoms with E-state index >= 15 is 0 Å². The van der Waals surface area contributed by atoms with E-state index in [0.717, 1.165) is 25.3 Å². The lowest BCUT2D eigenvalue weighted by molar-refractivity contribution is -0.146. The topological polar surface area (TPSA) is 72.5 Å². The zero-order valence-electron chi connectivity index (χ0n) is 10.5. The monoisotopic (exact) mass is 353 g/mol. The molecule has 1 aromatic carbocycles. The zero-order valence-corrected chi connectivity index (χ0v) is 12.9. The van der Waals surface area contributed by atoms with Crippen LogP contribution in [0.5, 0.6) is 0 Å². The van der Waals surface area contributed by atoms with Gasteiger partial charge in [0.25, 0.3) is 0 Å². The highest BCUT2D eigenvalue weighted by Gasteiger charge is 2.34. The molecule has 19 heavy (non-hydrogen) atoms. The van der Waals surface area contributed by atoms with E-state index in [4.69, 9.17) is 0 Å². The lowest BCUT2D eigenvalue weighted by Gasteiger charge is -2.23. The van der Waals surface area contributed by atoms with Crippen molar-refractivity contribution in [3.8, 4) is 0 Å². The fraction of sp³-hybridized carbons (Fsp3) is 0.364. The number of halogens is 2. The zero-order chi connectivity index (χ0) is 14.8. The fourth-order valence-corrected chi connectivity index (χ4v) is 3.80. The summed E-state index contributed by atoms with van der Waals surface area (Å²) < 4.78 is 44.0. The van der Waals surface area contributed by atoms with Gasteiger partial charge in [-0.05, 0) is 48.0 Å². The molecule has 0 saturated heterocycles. The van der Waals surface area contributed by atoms with Crippen LogP contribution in [0.4, 0.5) is 4.39 Å². The van der Waals surface area contributed by atoms with Crippen molar-refractivity contribution in [3.63, 3.8) is 0 Å². The molecule has 0 fully saturated rings. The lowest BCUT2D eigenvalue weighted by atomic mass is 10.1. The number of nitrogens with one attached hydrogen (secondary N) is 1. The van der Waals surface area contributed by atoms with Crippen LogP contribution >= 0.6 is 15.9 Å². The first-order chi connectivity index (χ1) is 8.60. The third-order valence-electron chi connectivity index (χ3n) is 2.27. The maximum absolute atomic E-state index is 12.9. The molecule has 0 atom stereocenters. The van der Waals surface area contributed by atoms with E-state index < -0.39 is 27.3 Å². The largest absolute Gasteiger partial charge is 0.468 e. The number of sulfonamides is 1.